The molecule has 3 rings (SSSR count). The van der Waals surface area contributed by atoms with E-state index in [1.54, 1.807) is 12.1 Å². The lowest BCUT2D eigenvalue weighted by Gasteiger charge is -2.09. The van der Waals surface area contributed by atoms with Crippen LogP contribution in [0.5, 0.6) is 0 Å². The minimum atomic E-state index is -4.65. The number of rotatable bonds is 3. The van der Waals surface area contributed by atoms with Crippen LogP contribution in [0, 0.1) is 0 Å². The van der Waals surface area contributed by atoms with Crippen LogP contribution < -0.4 is 0 Å². The number of aromatic carboxylic acids is 1. The maximum atomic E-state index is 13.1. The van der Waals surface area contributed by atoms with Gasteiger partial charge in [-0.15, -0.1) is 0 Å². The molecule has 0 aliphatic rings. The van der Waals surface area contributed by atoms with Gasteiger partial charge in [0.05, 0.1) is 11.0 Å². The van der Waals surface area contributed by atoms with Gasteiger partial charge in [-0.25, -0.2) is 14.8 Å². The summed E-state index contributed by atoms with van der Waals surface area (Å²) in [5.41, 5.74) is 0.0673. The zero-order valence-electron chi connectivity index (χ0n) is 10.8. The number of alkyl halides is 3. The molecule has 0 spiro atoms. The van der Waals surface area contributed by atoms with Gasteiger partial charge in [-0.05, 0) is 12.1 Å². The van der Waals surface area contributed by atoms with E-state index in [1.807, 2.05) is 0 Å². The summed E-state index contributed by atoms with van der Waals surface area (Å²) in [7, 11) is 0. The maximum absolute atomic E-state index is 13.1. The Morgan fingerprint density at radius 1 is 1.27 bits per heavy atom. The van der Waals surface area contributed by atoms with E-state index in [2.05, 4.69) is 9.97 Å². The summed E-state index contributed by atoms with van der Waals surface area (Å²) in [6, 6.07) is 6.10. The van der Waals surface area contributed by atoms with E-state index < -0.39 is 18.0 Å². The molecule has 9 heteroatoms. The molecular formula is C13H8F3N3O3. The van der Waals surface area contributed by atoms with Gasteiger partial charge in [0.2, 0.25) is 11.7 Å². The first-order valence-electron chi connectivity index (χ1n) is 6.06. The van der Waals surface area contributed by atoms with E-state index in [-0.39, 0.29) is 29.2 Å². The average Bonchev–Trinajstić information content (AvgIpc) is 3.04. The molecule has 1 N–H and O–H groups in total. The number of carbonyl (C=O) groups is 1. The molecule has 0 saturated carbocycles. The number of oxazole rings is 1. The summed E-state index contributed by atoms with van der Waals surface area (Å²) in [5, 5.41) is 8.76. The summed E-state index contributed by atoms with van der Waals surface area (Å²) in [6.45, 7) is -0.372. The lowest BCUT2D eigenvalue weighted by molar-refractivity contribution is -0.146. The smallest absolute Gasteiger partial charge is 0.449 e. The largest absolute Gasteiger partial charge is 0.476 e. The fourth-order valence-corrected chi connectivity index (χ4v) is 2.07. The zero-order chi connectivity index (χ0) is 15.9. The van der Waals surface area contributed by atoms with Gasteiger partial charge >= 0.3 is 12.1 Å². The highest BCUT2D eigenvalue weighted by atomic mass is 19.4. The van der Waals surface area contributed by atoms with Gasteiger partial charge in [-0.2, -0.15) is 13.2 Å². The predicted molar refractivity (Wildman–Crippen MR) is 67.3 cm³/mol. The topological polar surface area (TPSA) is 81.1 Å². The highest BCUT2D eigenvalue weighted by Gasteiger charge is 2.37. The van der Waals surface area contributed by atoms with Crippen LogP contribution in [-0.2, 0) is 12.7 Å². The van der Waals surface area contributed by atoms with Crippen LogP contribution in [0.2, 0.25) is 0 Å². The van der Waals surface area contributed by atoms with E-state index >= 15 is 0 Å². The molecule has 0 unspecified atom stereocenters. The lowest BCUT2D eigenvalue weighted by Crippen LogP contribution is -2.15. The van der Waals surface area contributed by atoms with E-state index in [0.29, 0.717) is 0 Å². The van der Waals surface area contributed by atoms with Gasteiger partial charge in [0, 0.05) is 0 Å². The number of fused-ring (bicyclic) bond motifs is 1. The number of carboxylic acid groups (broad SMARTS) is 1. The van der Waals surface area contributed by atoms with Crippen LogP contribution in [-0.4, -0.2) is 25.6 Å². The van der Waals surface area contributed by atoms with E-state index in [4.69, 9.17) is 9.52 Å². The Hall–Kier alpha value is -2.84. The number of benzene rings is 1. The Balaban J connectivity index is 2.09. The second-order valence-corrected chi connectivity index (χ2v) is 4.44. The molecule has 0 atom stereocenters. The van der Waals surface area contributed by atoms with E-state index in [0.717, 1.165) is 10.8 Å². The minimum Gasteiger partial charge on any atom is -0.476 e. The number of hydrogen-bond donors (Lipinski definition) is 1. The lowest BCUT2D eigenvalue weighted by atomic mass is 10.3. The Bertz CT molecular complexity index is 851. The van der Waals surface area contributed by atoms with Crippen LogP contribution in [0.15, 0.2) is 34.9 Å². The van der Waals surface area contributed by atoms with Crippen molar-refractivity contribution >= 4 is 17.0 Å². The Morgan fingerprint density at radius 3 is 2.64 bits per heavy atom. The van der Waals surface area contributed by atoms with Crippen molar-refractivity contribution in [3.8, 4) is 0 Å². The quantitative estimate of drug-likeness (QED) is 0.804. The van der Waals surface area contributed by atoms with E-state index in [9.17, 15) is 18.0 Å². The van der Waals surface area contributed by atoms with Crippen molar-refractivity contribution in [2.24, 2.45) is 0 Å². The molecule has 0 aliphatic carbocycles. The highest BCUT2D eigenvalue weighted by Crippen LogP contribution is 2.31. The molecule has 0 radical (unpaired) electrons. The zero-order valence-corrected chi connectivity index (χ0v) is 10.8. The fourth-order valence-electron chi connectivity index (χ4n) is 2.07. The van der Waals surface area contributed by atoms with E-state index in [1.165, 1.54) is 12.1 Å². The molecule has 6 nitrogen and oxygen atoms in total. The maximum Gasteiger partial charge on any atom is 0.449 e. The van der Waals surface area contributed by atoms with Gasteiger partial charge in [0.25, 0.3) is 0 Å². The standard InChI is InChI=1S/C13H8F3N3O3/c14-13(15,16)12-18-7-3-1-2-4-9(7)19(12)5-10-17-8(6-22-10)11(20)21/h1-4,6H,5H2,(H,20,21). The first-order valence-corrected chi connectivity index (χ1v) is 6.06. The van der Waals surface area contributed by atoms with Gasteiger partial charge in [-0.3, -0.25) is 0 Å². The Kier molecular flexibility index (Phi) is 3.12. The summed E-state index contributed by atoms with van der Waals surface area (Å²) in [4.78, 5) is 17.9. The molecule has 0 aliphatic heterocycles. The highest BCUT2D eigenvalue weighted by molar-refractivity contribution is 5.84. The van der Waals surface area contributed by atoms with Crippen LogP contribution in [0.25, 0.3) is 11.0 Å². The number of para-hydroxylation sites is 2. The molecule has 2 heterocycles. The number of nitrogens with zero attached hydrogens (tertiary/aromatic N) is 3. The molecule has 0 amide bonds. The van der Waals surface area contributed by atoms with Crippen molar-refractivity contribution in [3.05, 3.63) is 47.9 Å². The van der Waals surface area contributed by atoms with Gasteiger partial charge in [0.1, 0.15) is 12.8 Å². The Morgan fingerprint density at radius 2 is 2.00 bits per heavy atom. The monoisotopic (exact) mass is 311 g/mol. The second kappa shape index (κ2) is 4.86. The average molecular weight is 311 g/mol. The normalized spacial score (nSPS) is 12.0. The number of aromatic nitrogens is 3. The molecule has 114 valence electrons. The molecular weight excluding hydrogens is 303 g/mol. The third-order valence-corrected chi connectivity index (χ3v) is 2.97. The van der Waals surface area contributed by atoms with Crippen molar-refractivity contribution < 1.29 is 27.5 Å². The number of hydrogen-bond acceptors (Lipinski definition) is 4. The van der Waals surface area contributed by atoms with Crippen molar-refractivity contribution in [2.45, 2.75) is 12.7 Å². The van der Waals surface area contributed by atoms with Gasteiger partial charge in [-0.1, -0.05) is 12.1 Å². The Labute approximate surface area is 120 Å². The van der Waals surface area contributed by atoms with Gasteiger partial charge < -0.3 is 14.1 Å². The summed E-state index contributed by atoms with van der Waals surface area (Å²) in [6.07, 6.45) is -3.77. The summed E-state index contributed by atoms with van der Waals surface area (Å²) in [5.74, 6) is -2.56. The van der Waals surface area contributed by atoms with Crippen molar-refractivity contribution in [2.75, 3.05) is 0 Å². The molecule has 1 aromatic carbocycles. The van der Waals surface area contributed by atoms with Gasteiger partial charge in [0.15, 0.2) is 5.69 Å². The molecule has 3 aromatic rings. The molecule has 22 heavy (non-hydrogen) atoms. The number of imidazole rings is 1. The predicted octanol–water partition coefficient (Wildman–Crippen LogP) is 2.79. The van der Waals surface area contributed by atoms with Crippen LogP contribution in [0.4, 0.5) is 13.2 Å². The molecule has 0 saturated heterocycles. The van der Waals surface area contributed by atoms with Crippen molar-refractivity contribution in [3.63, 3.8) is 0 Å². The van der Waals surface area contributed by atoms with Crippen molar-refractivity contribution in [1.29, 1.82) is 0 Å². The molecule has 2 aromatic heterocycles. The minimum absolute atomic E-state index is 0.147. The van der Waals surface area contributed by atoms with Crippen molar-refractivity contribution in [1.82, 2.24) is 14.5 Å². The first kappa shape index (κ1) is 14.1. The third-order valence-electron chi connectivity index (χ3n) is 2.97. The summed E-state index contributed by atoms with van der Waals surface area (Å²) >= 11 is 0. The first-order chi connectivity index (χ1) is 10.4. The summed E-state index contributed by atoms with van der Waals surface area (Å²) < 4.78 is 45.1. The SMILES string of the molecule is O=C(O)c1coc(Cn2c(C(F)(F)F)nc3ccccc32)n1. The van der Waals surface area contributed by atoms with Crippen LogP contribution in [0.3, 0.4) is 0 Å². The number of halogens is 3. The number of carboxylic acids is 1. The third kappa shape index (κ3) is 2.41. The van der Waals surface area contributed by atoms with Crippen LogP contribution >= 0.6 is 0 Å². The second-order valence-electron chi connectivity index (χ2n) is 4.44. The fraction of sp³-hybridized carbons (Fsp3) is 0.154. The molecule has 0 bridgehead atoms. The molecule has 0 fully saturated rings. The van der Waals surface area contributed by atoms with Crippen LogP contribution in [0.1, 0.15) is 22.2 Å².